The molecule has 0 saturated heterocycles. The van der Waals surface area contributed by atoms with E-state index in [0.717, 1.165) is 5.56 Å². The Hall–Kier alpha value is -3.07. The third-order valence-corrected chi connectivity index (χ3v) is 4.08. The molecule has 0 aliphatic heterocycles. The normalized spacial score (nSPS) is 11.9. The maximum atomic E-state index is 11.9. The highest BCUT2D eigenvalue weighted by atomic mass is 32.1. The van der Waals surface area contributed by atoms with Crippen molar-refractivity contribution in [3.05, 3.63) is 62.7 Å². The second kappa shape index (κ2) is 7.22. The van der Waals surface area contributed by atoms with Crippen molar-refractivity contribution >= 4 is 23.0 Å². The number of carbonyl (C=O) groups excluding carboxylic acids is 1. The Morgan fingerprint density at radius 2 is 2.08 bits per heavy atom. The lowest BCUT2D eigenvalue weighted by Crippen LogP contribution is -2.11. The van der Waals surface area contributed by atoms with Crippen LogP contribution in [0.4, 0.5) is 5.69 Å². The molecule has 2 heterocycles. The minimum Gasteiger partial charge on any atom is -0.452 e. The zero-order chi connectivity index (χ0) is 17.8. The summed E-state index contributed by atoms with van der Waals surface area (Å²) in [4.78, 5) is 22.1. The summed E-state index contributed by atoms with van der Waals surface area (Å²) in [7, 11) is 0. The lowest BCUT2D eigenvalue weighted by molar-refractivity contribution is -0.384. The van der Waals surface area contributed by atoms with Gasteiger partial charge >= 0.3 is 5.97 Å². The van der Waals surface area contributed by atoms with Crippen molar-refractivity contribution < 1.29 is 18.9 Å². The predicted octanol–water partition coefficient (Wildman–Crippen LogP) is 3.55. The molecule has 0 saturated carbocycles. The number of thiophene rings is 1. The van der Waals surface area contributed by atoms with Gasteiger partial charge in [-0.25, -0.2) is 0 Å². The molecule has 0 N–H and O–H groups in total. The van der Waals surface area contributed by atoms with Gasteiger partial charge in [0, 0.05) is 17.7 Å². The first-order valence-corrected chi connectivity index (χ1v) is 8.26. The van der Waals surface area contributed by atoms with Gasteiger partial charge in [-0.3, -0.25) is 14.9 Å². The molecule has 1 atom stereocenters. The fourth-order valence-corrected chi connectivity index (χ4v) is 2.76. The molecule has 0 spiro atoms. The van der Waals surface area contributed by atoms with E-state index in [9.17, 15) is 14.9 Å². The second-order valence-electron chi connectivity index (χ2n) is 5.19. The number of ether oxygens (including phenoxy) is 1. The largest absolute Gasteiger partial charge is 0.452 e. The number of rotatable bonds is 6. The first kappa shape index (κ1) is 16.8. The molecule has 3 aromatic rings. The van der Waals surface area contributed by atoms with E-state index in [2.05, 4.69) is 10.2 Å². The summed E-state index contributed by atoms with van der Waals surface area (Å²) in [5.41, 5.74) is 1.40. The van der Waals surface area contributed by atoms with E-state index in [1.807, 2.05) is 16.8 Å². The van der Waals surface area contributed by atoms with E-state index in [-0.39, 0.29) is 29.9 Å². The smallest absolute Gasteiger partial charge is 0.311 e. The Morgan fingerprint density at radius 1 is 1.32 bits per heavy atom. The molecule has 0 fully saturated rings. The summed E-state index contributed by atoms with van der Waals surface area (Å²) >= 11 is 1.51. The van der Waals surface area contributed by atoms with Crippen molar-refractivity contribution in [1.82, 2.24) is 10.2 Å². The van der Waals surface area contributed by atoms with Crippen LogP contribution in [0.2, 0.25) is 0 Å². The number of hydrogen-bond donors (Lipinski definition) is 0. The molecule has 1 aromatic carbocycles. The summed E-state index contributed by atoms with van der Waals surface area (Å²) in [5, 5.41) is 22.2. The van der Waals surface area contributed by atoms with Gasteiger partial charge in [-0.05, 0) is 41.4 Å². The van der Waals surface area contributed by atoms with Crippen LogP contribution in [0.5, 0.6) is 0 Å². The van der Waals surface area contributed by atoms with Crippen molar-refractivity contribution in [1.29, 1.82) is 0 Å². The molecular formula is C16H13N3O5S. The van der Waals surface area contributed by atoms with Crippen LogP contribution in [-0.2, 0) is 16.0 Å². The number of non-ortho nitro benzene ring substituents is 1. The first-order valence-electron chi connectivity index (χ1n) is 7.31. The number of esters is 1. The summed E-state index contributed by atoms with van der Waals surface area (Å²) in [6, 6.07) is 7.59. The van der Waals surface area contributed by atoms with Crippen molar-refractivity contribution in [2.75, 3.05) is 0 Å². The van der Waals surface area contributed by atoms with Crippen LogP contribution >= 0.6 is 11.3 Å². The van der Waals surface area contributed by atoms with Gasteiger partial charge in [-0.15, -0.1) is 10.2 Å². The van der Waals surface area contributed by atoms with Gasteiger partial charge in [0.1, 0.15) is 0 Å². The third kappa shape index (κ3) is 4.07. The maximum absolute atomic E-state index is 11.9. The Bertz CT molecular complexity index is 874. The van der Waals surface area contributed by atoms with Crippen LogP contribution in [0, 0.1) is 10.1 Å². The van der Waals surface area contributed by atoms with Gasteiger partial charge in [0.2, 0.25) is 5.89 Å². The van der Waals surface area contributed by atoms with Crippen LogP contribution in [0.15, 0.2) is 45.5 Å². The van der Waals surface area contributed by atoms with Gasteiger partial charge < -0.3 is 9.15 Å². The highest BCUT2D eigenvalue weighted by Crippen LogP contribution is 2.24. The van der Waals surface area contributed by atoms with E-state index < -0.39 is 11.0 Å². The van der Waals surface area contributed by atoms with Crippen LogP contribution in [0.3, 0.4) is 0 Å². The van der Waals surface area contributed by atoms with Gasteiger partial charge in [0.15, 0.2) is 6.10 Å². The van der Waals surface area contributed by atoms with Crippen LogP contribution in [0.1, 0.15) is 24.5 Å². The number of nitro groups is 1. The predicted molar refractivity (Wildman–Crippen MR) is 88.9 cm³/mol. The Morgan fingerprint density at radius 3 is 2.72 bits per heavy atom. The molecule has 2 aromatic heterocycles. The Labute approximate surface area is 146 Å². The molecule has 0 amide bonds. The number of benzene rings is 1. The van der Waals surface area contributed by atoms with E-state index in [0.29, 0.717) is 5.56 Å². The molecule has 25 heavy (non-hydrogen) atoms. The highest BCUT2D eigenvalue weighted by molar-refractivity contribution is 7.07. The highest BCUT2D eigenvalue weighted by Gasteiger charge is 2.19. The van der Waals surface area contributed by atoms with E-state index in [1.165, 1.54) is 35.6 Å². The molecule has 0 aliphatic rings. The number of nitrogens with zero attached hydrogens (tertiary/aromatic N) is 3. The monoisotopic (exact) mass is 359 g/mol. The lowest BCUT2D eigenvalue weighted by atomic mass is 10.2. The first-order chi connectivity index (χ1) is 12.0. The number of carbonyl (C=O) groups is 1. The van der Waals surface area contributed by atoms with Gasteiger partial charge in [-0.2, -0.15) is 11.3 Å². The molecule has 8 nitrogen and oxygen atoms in total. The summed E-state index contributed by atoms with van der Waals surface area (Å²) in [6.45, 7) is 1.64. The van der Waals surface area contributed by atoms with Crippen molar-refractivity contribution in [2.45, 2.75) is 19.4 Å². The fraction of sp³-hybridized carbons (Fsp3) is 0.188. The van der Waals surface area contributed by atoms with Gasteiger partial charge in [0.05, 0.1) is 11.3 Å². The molecule has 9 heteroatoms. The summed E-state index contributed by atoms with van der Waals surface area (Å²) in [5.74, 6) is -0.0290. The quantitative estimate of drug-likeness (QED) is 0.376. The van der Waals surface area contributed by atoms with Gasteiger partial charge in [-0.1, -0.05) is 0 Å². The summed E-state index contributed by atoms with van der Waals surface area (Å²) < 4.78 is 10.8. The second-order valence-corrected chi connectivity index (χ2v) is 5.97. The Kier molecular flexibility index (Phi) is 4.85. The zero-order valence-electron chi connectivity index (χ0n) is 13.1. The lowest BCUT2D eigenvalue weighted by Gasteiger charge is -2.08. The van der Waals surface area contributed by atoms with E-state index in [1.54, 1.807) is 6.92 Å². The fourth-order valence-electron chi connectivity index (χ4n) is 2.09. The average molecular weight is 359 g/mol. The number of aromatic nitrogens is 2. The molecule has 0 unspecified atom stereocenters. The SMILES string of the molecule is C[C@H](OC(=O)Cc1ccsc1)c1nnc(-c2ccc([N+](=O)[O-])cc2)o1. The van der Waals surface area contributed by atoms with E-state index in [4.69, 9.17) is 9.15 Å². The van der Waals surface area contributed by atoms with E-state index >= 15 is 0 Å². The van der Waals surface area contributed by atoms with Crippen molar-refractivity contribution in [2.24, 2.45) is 0 Å². The molecule has 0 aliphatic carbocycles. The molecular weight excluding hydrogens is 346 g/mol. The maximum Gasteiger partial charge on any atom is 0.311 e. The number of nitro benzene ring substituents is 1. The Balaban J connectivity index is 1.65. The van der Waals surface area contributed by atoms with Crippen molar-refractivity contribution in [3.63, 3.8) is 0 Å². The van der Waals surface area contributed by atoms with Gasteiger partial charge in [0.25, 0.3) is 11.6 Å². The molecule has 0 radical (unpaired) electrons. The zero-order valence-corrected chi connectivity index (χ0v) is 13.9. The van der Waals surface area contributed by atoms with Crippen LogP contribution in [-0.4, -0.2) is 21.1 Å². The molecule has 3 rings (SSSR count). The van der Waals surface area contributed by atoms with Crippen LogP contribution < -0.4 is 0 Å². The minimum atomic E-state index is -0.689. The number of hydrogen-bond acceptors (Lipinski definition) is 8. The minimum absolute atomic E-state index is 0.0285. The topological polar surface area (TPSA) is 108 Å². The van der Waals surface area contributed by atoms with Crippen molar-refractivity contribution in [3.8, 4) is 11.5 Å². The molecule has 128 valence electrons. The summed E-state index contributed by atoms with van der Waals surface area (Å²) in [6.07, 6.45) is -0.512. The average Bonchev–Trinajstić information content (AvgIpc) is 3.26. The third-order valence-electron chi connectivity index (χ3n) is 3.35. The standard InChI is InChI=1S/C16H13N3O5S/c1-10(23-14(20)8-11-6-7-25-9-11)15-17-18-16(24-15)12-2-4-13(5-3-12)19(21)22/h2-7,9-10H,8H2,1H3/t10-/m0/s1. The molecule has 0 bridgehead atoms. The van der Waals surface area contributed by atoms with Crippen LogP contribution in [0.25, 0.3) is 11.5 Å².